The number of rotatable bonds is 4. The van der Waals surface area contributed by atoms with E-state index in [9.17, 15) is 13.6 Å². The van der Waals surface area contributed by atoms with Crippen molar-refractivity contribution in [1.29, 1.82) is 0 Å². The molecule has 0 radical (unpaired) electrons. The molecule has 1 aliphatic rings. The number of amides is 1. The summed E-state index contributed by atoms with van der Waals surface area (Å²) in [6.45, 7) is 1.02. The first-order chi connectivity index (χ1) is 11.5. The second-order valence-electron chi connectivity index (χ2n) is 6.02. The first-order valence-electron chi connectivity index (χ1n) is 7.80. The minimum atomic E-state index is -1.04. The van der Waals surface area contributed by atoms with Crippen molar-refractivity contribution in [2.24, 2.45) is 7.05 Å². The molecule has 0 saturated carbocycles. The molecule has 1 aliphatic heterocycles. The van der Waals surface area contributed by atoms with Crippen molar-refractivity contribution in [2.45, 2.75) is 24.8 Å². The molecule has 7 heteroatoms. The number of aryl methyl sites for hydroxylation is 1. The molecule has 1 aromatic heterocycles. The van der Waals surface area contributed by atoms with Gasteiger partial charge in [-0.2, -0.15) is 5.10 Å². The number of carbonyl (C=O) groups excluding carboxylic acids is 1. The summed E-state index contributed by atoms with van der Waals surface area (Å²) in [6, 6.07) is 3.37. The molecule has 0 unspecified atom stereocenters. The van der Waals surface area contributed by atoms with Gasteiger partial charge in [-0.05, 0) is 18.9 Å². The summed E-state index contributed by atoms with van der Waals surface area (Å²) in [5, 5.41) is 6.90. The molecule has 0 atom stereocenters. The van der Waals surface area contributed by atoms with Gasteiger partial charge in [0.1, 0.15) is 11.6 Å². The minimum absolute atomic E-state index is 0.218. The Morgan fingerprint density at radius 3 is 2.75 bits per heavy atom. The first-order valence-corrected chi connectivity index (χ1v) is 7.80. The van der Waals surface area contributed by atoms with Gasteiger partial charge in [-0.15, -0.1) is 0 Å². The standard InChI is InChI=1S/C17H19F2N3O2/c1-22-11-12(10-21-22)9-20-16(23)17(4-6-24-7-5-17)14-3-2-13(18)8-15(14)19/h2-3,8,10-11H,4-7,9H2,1H3,(H,20,23). The zero-order valence-corrected chi connectivity index (χ0v) is 13.4. The summed E-state index contributed by atoms with van der Waals surface area (Å²) >= 11 is 0. The van der Waals surface area contributed by atoms with E-state index in [2.05, 4.69) is 10.4 Å². The average molecular weight is 335 g/mol. The minimum Gasteiger partial charge on any atom is -0.381 e. The Balaban J connectivity index is 1.86. The largest absolute Gasteiger partial charge is 0.381 e. The molecule has 0 spiro atoms. The monoisotopic (exact) mass is 335 g/mol. The second-order valence-corrected chi connectivity index (χ2v) is 6.02. The number of benzene rings is 1. The fourth-order valence-electron chi connectivity index (χ4n) is 3.13. The van der Waals surface area contributed by atoms with Crippen LogP contribution in [0.3, 0.4) is 0 Å². The molecule has 2 heterocycles. The molecule has 0 aliphatic carbocycles. The highest BCUT2D eigenvalue weighted by Gasteiger charge is 2.43. The molecule has 1 N–H and O–H groups in total. The Kier molecular flexibility index (Phi) is 4.62. The van der Waals surface area contributed by atoms with Crippen LogP contribution in [-0.4, -0.2) is 28.9 Å². The quantitative estimate of drug-likeness (QED) is 0.930. The van der Waals surface area contributed by atoms with Gasteiger partial charge in [-0.25, -0.2) is 8.78 Å². The van der Waals surface area contributed by atoms with Crippen molar-refractivity contribution in [1.82, 2.24) is 15.1 Å². The molecule has 2 aromatic rings. The number of halogens is 2. The molecular weight excluding hydrogens is 316 g/mol. The van der Waals surface area contributed by atoms with Crippen LogP contribution in [0.5, 0.6) is 0 Å². The number of nitrogens with one attached hydrogen (secondary N) is 1. The molecule has 5 nitrogen and oxygen atoms in total. The van der Waals surface area contributed by atoms with Gasteiger partial charge in [0.25, 0.3) is 0 Å². The highest BCUT2D eigenvalue weighted by molar-refractivity contribution is 5.88. The van der Waals surface area contributed by atoms with Crippen molar-refractivity contribution >= 4 is 5.91 Å². The normalized spacial score (nSPS) is 16.8. The zero-order valence-electron chi connectivity index (χ0n) is 13.4. The third kappa shape index (κ3) is 3.17. The van der Waals surface area contributed by atoms with Crippen LogP contribution in [0.2, 0.25) is 0 Å². The Morgan fingerprint density at radius 1 is 1.38 bits per heavy atom. The van der Waals surface area contributed by atoms with Gasteiger partial charge in [0, 0.05) is 50.2 Å². The van der Waals surface area contributed by atoms with Crippen LogP contribution < -0.4 is 5.32 Å². The van der Waals surface area contributed by atoms with Crippen LogP contribution in [0, 0.1) is 11.6 Å². The Hall–Kier alpha value is -2.28. The van der Waals surface area contributed by atoms with Crippen LogP contribution in [0.1, 0.15) is 24.0 Å². The summed E-state index contributed by atoms with van der Waals surface area (Å²) in [7, 11) is 1.79. The molecule has 128 valence electrons. The predicted octanol–water partition coefficient (Wildman–Crippen LogP) is 2.06. The summed E-state index contributed by atoms with van der Waals surface area (Å²) in [5.74, 6) is -1.64. The average Bonchev–Trinajstić information content (AvgIpc) is 2.98. The third-order valence-corrected chi connectivity index (χ3v) is 4.44. The van der Waals surface area contributed by atoms with Crippen molar-refractivity contribution in [3.05, 3.63) is 53.4 Å². The van der Waals surface area contributed by atoms with Gasteiger partial charge in [0.2, 0.25) is 5.91 Å². The molecule has 3 rings (SSSR count). The second kappa shape index (κ2) is 6.68. The maximum absolute atomic E-state index is 14.3. The van der Waals surface area contributed by atoms with Crippen molar-refractivity contribution in [3.63, 3.8) is 0 Å². The van der Waals surface area contributed by atoms with Crippen LogP contribution in [0.25, 0.3) is 0 Å². The van der Waals surface area contributed by atoms with Gasteiger partial charge in [0.05, 0.1) is 11.6 Å². The topological polar surface area (TPSA) is 56.2 Å². The summed E-state index contributed by atoms with van der Waals surface area (Å²) in [5.41, 5.74) is 0.0293. The number of nitrogens with zero attached hydrogens (tertiary/aromatic N) is 2. The number of hydrogen-bond acceptors (Lipinski definition) is 3. The lowest BCUT2D eigenvalue weighted by Gasteiger charge is -2.36. The predicted molar refractivity (Wildman–Crippen MR) is 83.1 cm³/mol. The molecule has 1 amide bonds. The van der Waals surface area contributed by atoms with E-state index >= 15 is 0 Å². The van der Waals surface area contributed by atoms with Gasteiger partial charge in [-0.3, -0.25) is 9.48 Å². The lowest BCUT2D eigenvalue weighted by atomic mass is 9.73. The summed E-state index contributed by atoms with van der Waals surface area (Å²) in [6.07, 6.45) is 4.17. The fourth-order valence-corrected chi connectivity index (χ4v) is 3.13. The third-order valence-electron chi connectivity index (χ3n) is 4.44. The van der Waals surface area contributed by atoms with E-state index in [0.29, 0.717) is 32.6 Å². The lowest BCUT2D eigenvalue weighted by molar-refractivity contribution is -0.130. The Bertz CT molecular complexity index is 739. The maximum Gasteiger partial charge on any atom is 0.231 e. The van der Waals surface area contributed by atoms with Crippen LogP contribution in [0.15, 0.2) is 30.6 Å². The number of aromatic nitrogens is 2. The van der Waals surface area contributed by atoms with E-state index in [1.54, 1.807) is 24.1 Å². The Morgan fingerprint density at radius 2 is 2.12 bits per heavy atom. The molecular formula is C17H19F2N3O2. The fraction of sp³-hybridized carbons (Fsp3) is 0.412. The van der Waals surface area contributed by atoms with Crippen molar-refractivity contribution < 1.29 is 18.3 Å². The zero-order chi connectivity index (χ0) is 17.2. The number of carbonyl (C=O) groups is 1. The molecule has 1 aromatic carbocycles. The highest BCUT2D eigenvalue weighted by atomic mass is 19.1. The Labute approximate surface area is 138 Å². The van der Waals surface area contributed by atoms with E-state index in [-0.39, 0.29) is 11.5 Å². The number of ether oxygens (including phenoxy) is 1. The lowest BCUT2D eigenvalue weighted by Crippen LogP contribution is -2.48. The van der Waals surface area contributed by atoms with Crippen LogP contribution >= 0.6 is 0 Å². The van der Waals surface area contributed by atoms with Gasteiger partial charge in [0.15, 0.2) is 0 Å². The van der Waals surface area contributed by atoms with E-state index < -0.39 is 17.0 Å². The van der Waals surface area contributed by atoms with Gasteiger partial charge in [-0.1, -0.05) is 6.07 Å². The van der Waals surface area contributed by atoms with E-state index in [0.717, 1.165) is 11.6 Å². The smallest absolute Gasteiger partial charge is 0.231 e. The highest BCUT2D eigenvalue weighted by Crippen LogP contribution is 2.37. The summed E-state index contributed by atoms with van der Waals surface area (Å²) < 4.78 is 34.6. The van der Waals surface area contributed by atoms with E-state index in [4.69, 9.17) is 4.74 Å². The molecule has 24 heavy (non-hydrogen) atoms. The van der Waals surface area contributed by atoms with Gasteiger partial charge < -0.3 is 10.1 Å². The number of hydrogen-bond donors (Lipinski definition) is 1. The molecule has 1 fully saturated rings. The summed E-state index contributed by atoms with van der Waals surface area (Å²) in [4.78, 5) is 12.9. The van der Waals surface area contributed by atoms with Crippen LogP contribution in [0.4, 0.5) is 8.78 Å². The first kappa shape index (κ1) is 16.6. The van der Waals surface area contributed by atoms with E-state index in [1.807, 2.05) is 0 Å². The van der Waals surface area contributed by atoms with Crippen molar-refractivity contribution in [2.75, 3.05) is 13.2 Å². The molecule has 0 bridgehead atoms. The molecule has 1 saturated heterocycles. The maximum atomic E-state index is 14.3. The van der Waals surface area contributed by atoms with Crippen LogP contribution in [-0.2, 0) is 28.5 Å². The van der Waals surface area contributed by atoms with E-state index in [1.165, 1.54) is 12.1 Å². The SMILES string of the molecule is Cn1cc(CNC(=O)C2(c3ccc(F)cc3F)CCOCC2)cn1. The van der Waals surface area contributed by atoms with Crippen molar-refractivity contribution in [3.8, 4) is 0 Å². The van der Waals surface area contributed by atoms with Gasteiger partial charge >= 0.3 is 0 Å².